The fraction of sp³-hybridized carbons (Fsp3) is 0.545. The largest absolute Gasteiger partial charge is 0.383 e. The van der Waals surface area contributed by atoms with Gasteiger partial charge in [0, 0.05) is 22.6 Å². The summed E-state index contributed by atoms with van der Waals surface area (Å²) >= 11 is 0. The SMILES string of the molecule is CCCCCC(CCCCC)n1c(C)cc2c3c(N)nc(N)nc3ccc21. The van der Waals surface area contributed by atoms with E-state index in [2.05, 4.69) is 47.4 Å². The van der Waals surface area contributed by atoms with E-state index in [-0.39, 0.29) is 5.95 Å². The Morgan fingerprint density at radius 2 is 1.63 bits per heavy atom. The van der Waals surface area contributed by atoms with Gasteiger partial charge in [-0.25, -0.2) is 4.98 Å². The Hall–Kier alpha value is -2.30. The molecular formula is C22H33N5. The topological polar surface area (TPSA) is 82.8 Å². The molecule has 0 aliphatic carbocycles. The molecule has 0 bridgehead atoms. The van der Waals surface area contributed by atoms with E-state index in [1.165, 1.54) is 62.6 Å². The number of nitrogens with two attached hydrogens (primary N) is 2. The van der Waals surface area contributed by atoms with Crippen molar-refractivity contribution in [3.8, 4) is 0 Å². The summed E-state index contributed by atoms with van der Waals surface area (Å²) in [6, 6.07) is 6.97. The predicted molar refractivity (Wildman–Crippen MR) is 116 cm³/mol. The first-order valence-electron chi connectivity index (χ1n) is 10.4. The number of anilines is 2. The molecule has 5 nitrogen and oxygen atoms in total. The van der Waals surface area contributed by atoms with Crippen LogP contribution in [0.15, 0.2) is 18.2 Å². The molecule has 0 aliphatic rings. The van der Waals surface area contributed by atoms with Crippen molar-refractivity contribution in [3.05, 3.63) is 23.9 Å². The Bertz CT molecular complexity index is 902. The van der Waals surface area contributed by atoms with Crippen LogP contribution in [-0.2, 0) is 0 Å². The van der Waals surface area contributed by atoms with Crippen LogP contribution in [0.3, 0.4) is 0 Å². The molecule has 2 heterocycles. The Kier molecular flexibility index (Phi) is 6.19. The second-order valence-corrected chi connectivity index (χ2v) is 7.66. The summed E-state index contributed by atoms with van der Waals surface area (Å²) in [4.78, 5) is 8.56. The molecule has 0 saturated carbocycles. The van der Waals surface area contributed by atoms with Gasteiger partial charge in [0.25, 0.3) is 0 Å². The minimum Gasteiger partial charge on any atom is -0.383 e. The zero-order chi connectivity index (χ0) is 19.4. The fourth-order valence-electron chi connectivity index (χ4n) is 4.26. The van der Waals surface area contributed by atoms with Crippen LogP contribution in [0, 0.1) is 6.92 Å². The third-order valence-electron chi connectivity index (χ3n) is 5.57. The smallest absolute Gasteiger partial charge is 0.222 e. The maximum Gasteiger partial charge on any atom is 0.222 e. The lowest BCUT2D eigenvalue weighted by Gasteiger charge is -2.22. The first kappa shape index (κ1) is 19.5. The van der Waals surface area contributed by atoms with Crippen LogP contribution >= 0.6 is 0 Å². The monoisotopic (exact) mass is 367 g/mol. The van der Waals surface area contributed by atoms with Gasteiger partial charge in [0.2, 0.25) is 5.95 Å². The van der Waals surface area contributed by atoms with E-state index < -0.39 is 0 Å². The van der Waals surface area contributed by atoms with Crippen LogP contribution < -0.4 is 11.5 Å². The van der Waals surface area contributed by atoms with Crippen LogP contribution in [0.5, 0.6) is 0 Å². The third-order valence-corrected chi connectivity index (χ3v) is 5.57. The van der Waals surface area contributed by atoms with Crippen molar-refractivity contribution in [3.63, 3.8) is 0 Å². The van der Waals surface area contributed by atoms with Crippen molar-refractivity contribution in [2.75, 3.05) is 11.5 Å². The number of benzene rings is 1. The van der Waals surface area contributed by atoms with E-state index >= 15 is 0 Å². The number of hydrogen-bond acceptors (Lipinski definition) is 4. The van der Waals surface area contributed by atoms with Gasteiger partial charge in [0.1, 0.15) is 5.82 Å². The summed E-state index contributed by atoms with van der Waals surface area (Å²) in [6.45, 7) is 6.73. The summed E-state index contributed by atoms with van der Waals surface area (Å²) in [5.74, 6) is 0.696. The van der Waals surface area contributed by atoms with Gasteiger partial charge in [-0.2, -0.15) is 4.98 Å². The van der Waals surface area contributed by atoms with Gasteiger partial charge in [-0.3, -0.25) is 0 Å². The number of rotatable bonds is 9. The molecule has 0 amide bonds. The van der Waals surface area contributed by atoms with E-state index in [9.17, 15) is 0 Å². The lowest BCUT2D eigenvalue weighted by molar-refractivity contribution is 0.405. The van der Waals surface area contributed by atoms with Gasteiger partial charge in [0.15, 0.2) is 0 Å². The fourth-order valence-corrected chi connectivity index (χ4v) is 4.26. The van der Waals surface area contributed by atoms with Crippen molar-refractivity contribution in [2.24, 2.45) is 0 Å². The Balaban J connectivity index is 2.07. The molecule has 1 aromatic carbocycles. The van der Waals surface area contributed by atoms with Crippen LogP contribution in [0.25, 0.3) is 21.8 Å². The maximum absolute atomic E-state index is 6.21. The highest BCUT2D eigenvalue weighted by Gasteiger charge is 2.18. The van der Waals surface area contributed by atoms with E-state index in [4.69, 9.17) is 11.5 Å². The lowest BCUT2D eigenvalue weighted by atomic mass is 10.0. The van der Waals surface area contributed by atoms with Gasteiger partial charge in [-0.15, -0.1) is 0 Å². The lowest BCUT2D eigenvalue weighted by Crippen LogP contribution is -2.11. The molecule has 0 unspecified atom stereocenters. The summed E-state index contributed by atoms with van der Waals surface area (Å²) in [6.07, 6.45) is 10.1. The highest BCUT2D eigenvalue weighted by molar-refractivity contribution is 6.10. The van der Waals surface area contributed by atoms with E-state index in [0.29, 0.717) is 11.9 Å². The summed E-state index contributed by atoms with van der Waals surface area (Å²) in [7, 11) is 0. The molecule has 0 radical (unpaired) electrons. The molecule has 0 spiro atoms. The highest BCUT2D eigenvalue weighted by atomic mass is 15.0. The average Bonchev–Trinajstić information content (AvgIpc) is 2.96. The Morgan fingerprint density at radius 3 is 2.26 bits per heavy atom. The third kappa shape index (κ3) is 4.02. The number of fused-ring (bicyclic) bond motifs is 3. The first-order chi connectivity index (χ1) is 13.1. The number of nitrogen functional groups attached to an aromatic ring is 2. The number of unbranched alkanes of at least 4 members (excludes halogenated alkanes) is 4. The van der Waals surface area contributed by atoms with E-state index in [0.717, 1.165) is 16.3 Å². The number of aromatic nitrogens is 3. The van der Waals surface area contributed by atoms with E-state index in [1.807, 2.05) is 6.07 Å². The Labute approximate surface area is 162 Å². The molecule has 0 saturated heterocycles. The standard InChI is InChI=1S/C22H33N5/c1-4-6-8-10-16(11-9-7-5-2)27-15(3)14-17-19(27)13-12-18-20(17)21(23)26-22(24)25-18/h12-14,16H,4-11H2,1-3H3,(H4,23,24,25,26). The molecule has 4 N–H and O–H groups in total. The average molecular weight is 368 g/mol. The molecule has 146 valence electrons. The number of hydrogen-bond donors (Lipinski definition) is 2. The molecule has 0 aliphatic heterocycles. The summed E-state index contributed by atoms with van der Waals surface area (Å²) < 4.78 is 2.52. The van der Waals surface area contributed by atoms with Crippen LogP contribution in [-0.4, -0.2) is 14.5 Å². The highest BCUT2D eigenvalue weighted by Crippen LogP contribution is 2.35. The van der Waals surface area contributed by atoms with Crippen molar-refractivity contribution in [1.82, 2.24) is 14.5 Å². The zero-order valence-electron chi connectivity index (χ0n) is 17.0. The van der Waals surface area contributed by atoms with Crippen molar-refractivity contribution >= 4 is 33.6 Å². The zero-order valence-corrected chi connectivity index (χ0v) is 17.0. The molecule has 27 heavy (non-hydrogen) atoms. The second-order valence-electron chi connectivity index (χ2n) is 7.66. The van der Waals surface area contributed by atoms with Crippen molar-refractivity contribution < 1.29 is 0 Å². The Morgan fingerprint density at radius 1 is 0.963 bits per heavy atom. The number of aryl methyl sites for hydroxylation is 1. The molecular weight excluding hydrogens is 334 g/mol. The van der Waals surface area contributed by atoms with Gasteiger partial charge in [0.05, 0.1) is 10.9 Å². The predicted octanol–water partition coefficient (Wildman–Crippen LogP) is 5.76. The summed E-state index contributed by atoms with van der Waals surface area (Å²) in [5.41, 5.74) is 15.3. The van der Waals surface area contributed by atoms with Gasteiger partial charge in [-0.05, 0) is 38.0 Å². The summed E-state index contributed by atoms with van der Waals surface area (Å²) in [5, 5.41) is 2.06. The molecule has 0 atom stereocenters. The van der Waals surface area contributed by atoms with Gasteiger partial charge >= 0.3 is 0 Å². The molecule has 2 aromatic heterocycles. The van der Waals surface area contributed by atoms with Crippen LogP contribution in [0.2, 0.25) is 0 Å². The molecule has 5 heteroatoms. The minimum atomic E-state index is 0.229. The first-order valence-corrected chi connectivity index (χ1v) is 10.4. The minimum absolute atomic E-state index is 0.229. The van der Waals surface area contributed by atoms with Crippen LogP contribution in [0.4, 0.5) is 11.8 Å². The van der Waals surface area contributed by atoms with E-state index in [1.54, 1.807) is 0 Å². The van der Waals surface area contributed by atoms with Crippen molar-refractivity contribution in [1.29, 1.82) is 0 Å². The molecule has 3 rings (SSSR count). The quantitative estimate of drug-likeness (QED) is 0.471. The number of nitrogens with zero attached hydrogens (tertiary/aromatic N) is 3. The maximum atomic E-state index is 6.21. The molecule has 0 fully saturated rings. The van der Waals surface area contributed by atoms with Crippen molar-refractivity contribution in [2.45, 2.75) is 78.2 Å². The molecule has 3 aromatic rings. The van der Waals surface area contributed by atoms with Gasteiger partial charge in [-0.1, -0.05) is 52.4 Å². The van der Waals surface area contributed by atoms with Gasteiger partial charge < -0.3 is 16.0 Å². The second kappa shape index (κ2) is 8.59. The van der Waals surface area contributed by atoms with Crippen LogP contribution in [0.1, 0.15) is 76.9 Å². The normalized spacial score (nSPS) is 11.9.